The van der Waals surface area contributed by atoms with Gasteiger partial charge in [-0.1, -0.05) is 13.8 Å². The molecule has 2 fully saturated rings. The van der Waals surface area contributed by atoms with Gasteiger partial charge in [-0.15, -0.1) is 0 Å². The van der Waals surface area contributed by atoms with Gasteiger partial charge in [0.1, 0.15) is 0 Å². The maximum Gasteiger partial charge on any atom is 0.308 e. The maximum atomic E-state index is 12.3. The second-order valence-electron chi connectivity index (χ2n) is 5.80. The first-order chi connectivity index (χ1) is 8.49. The van der Waals surface area contributed by atoms with Gasteiger partial charge in [-0.3, -0.25) is 9.59 Å². The van der Waals surface area contributed by atoms with Crippen LogP contribution in [0.4, 0.5) is 0 Å². The molecule has 0 bridgehead atoms. The van der Waals surface area contributed by atoms with Crippen molar-refractivity contribution >= 4 is 11.9 Å². The van der Waals surface area contributed by atoms with E-state index in [0.717, 1.165) is 19.4 Å². The zero-order valence-electron chi connectivity index (χ0n) is 11.1. The van der Waals surface area contributed by atoms with E-state index in [0.29, 0.717) is 19.0 Å². The third-order valence-electron chi connectivity index (χ3n) is 4.21. The molecule has 0 aromatic heterocycles. The Morgan fingerprint density at radius 1 is 1.28 bits per heavy atom. The van der Waals surface area contributed by atoms with Crippen molar-refractivity contribution in [1.29, 1.82) is 0 Å². The normalized spacial score (nSPS) is 36.7. The van der Waals surface area contributed by atoms with Crippen molar-refractivity contribution in [3.8, 4) is 0 Å². The van der Waals surface area contributed by atoms with Crippen molar-refractivity contribution in [3.05, 3.63) is 0 Å². The molecule has 102 valence electrons. The van der Waals surface area contributed by atoms with E-state index in [1.165, 1.54) is 0 Å². The predicted molar refractivity (Wildman–Crippen MR) is 67.1 cm³/mol. The average Bonchev–Trinajstić information content (AvgIpc) is 2.70. The summed E-state index contributed by atoms with van der Waals surface area (Å²) in [7, 11) is 0. The molecule has 0 radical (unpaired) electrons. The number of piperidine rings is 1. The molecular weight excluding hydrogens is 232 g/mol. The first kappa shape index (κ1) is 13.3. The number of likely N-dealkylation sites (tertiary alicyclic amines) is 1. The number of hydrogen-bond acceptors (Lipinski definition) is 3. The van der Waals surface area contributed by atoms with Gasteiger partial charge in [-0.25, -0.2) is 0 Å². The van der Waals surface area contributed by atoms with Gasteiger partial charge in [-0.05, 0) is 31.2 Å². The number of amides is 1. The van der Waals surface area contributed by atoms with Gasteiger partial charge in [0.05, 0.1) is 12.0 Å². The topological polar surface area (TPSA) is 69.6 Å². The highest BCUT2D eigenvalue weighted by Crippen LogP contribution is 2.25. The van der Waals surface area contributed by atoms with Crippen LogP contribution >= 0.6 is 0 Å². The van der Waals surface area contributed by atoms with E-state index in [2.05, 4.69) is 12.2 Å². The molecule has 5 heteroatoms. The fraction of sp³-hybridized carbons (Fsp3) is 0.846. The highest BCUT2D eigenvalue weighted by Gasteiger charge is 2.39. The first-order valence-electron chi connectivity index (χ1n) is 6.74. The monoisotopic (exact) mass is 254 g/mol. The summed E-state index contributed by atoms with van der Waals surface area (Å²) in [5.74, 6) is -0.502. The number of rotatable bonds is 2. The molecule has 5 nitrogen and oxygen atoms in total. The molecule has 4 atom stereocenters. The largest absolute Gasteiger partial charge is 0.481 e. The van der Waals surface area contributed by atoms with Crippen molar-refractivity contribution in [2.24, 2.45) is 17.8 Å². The highest BCUT2D eigenvalue weighted by molar-refractivity contribution is 5.83. The summed E-state index contributed by atoms with van der Waals surface area (Å²) in [5.41, 5.74) is 0. The van der Waals surface area contributed by atoms with Crippen molar-refractivity contribution in [1.82, 2.24) is 10.2 Å². The molecule has 2 unspecified atom stereocenters. The van der Waals surface area contributed by atoms with Crippen LogP contribution in [-0.4, -0.2) is 47.6 Å². The summed E-state index contributed by atoms with van der Waals surface area (Å²) in [6.45, 7) is 5.88. The molecule has 2 aliphatic heterocycles. The number of hydrogen-bond donors (Lipinski definition) is 2. The van der Waals surface area contributed by atoms with Crippen LogP contribution in [0.2, 0.25) is 0 Å². The number of carbonyl (C=O) groups excluding carboxylic acids is 1. The molecule has 0 saturated carbocycles. The molecule has 2 saturated heterocycles. The summed E-state index contributed by atoms with van der Waals surface area (Å²) in [5, 5.41) is 12.3. The Kier molecular flexibility index (Phi) is 3.90. The van der Waals surface area contributed by atoms with Crippen LogP contribution in [0.5, 0.6) is 0 Å². The lowest BCUT2D eigenvalue weighted by atomic mass is 9.93. The minimum absolute atomic E-state index is 0.0486. The number of aliphatic carboxylic acids is 1. The minimum atomic E-state index is -0.789. The molecule has 1 amide bonds. The van der Waals surface area contributed by atoms with Gasteiger partial charge < -0.3 is 15.3 Å². The van der Waals surface area contributed by atoms with E-state index < -0.39 is 11.9 Å². The summed E-state index contributed by atoms with van der Waals surface area (Å²) in [6.07, 6.45) is 1.97. The highest BCUT2D eigenvalue weighted by atomic mass is 16.4. The third-order valence-corrected chi connectivity index (χ3v) is 4.21. The lowest BCUT2D eigenvalue weighted by molar-refractivity contribution is -0.142. The van der Waals surface area contributed by atoms with Gasteiger partial charge in [-0.2, -0.15) is 0 Å². The molecular formula is C13H22N2O3. The van der Waals surface area contributed by atoms with Gasteiger partial charge in [0.2, 0.25) is 5.91 Å². The third kappa shape index (κ3) is 2.66. The van der Waals surface area contributed by atoms with Crippen LogP contribution in [0.1, 0.15) is 26.7 Å². The Labute approximate surface area is 108 Å². The lowest BCUT2D eigenvalue weighted by Crippen LogP contribution is -2.49. The van der Waals surface area contributed by atoms with Gasteiger partial charge in [0, 0.05) is 13.1 Å². The van der Waals surface area contributed by atoms with E-state index in [9.17, 15) is 9.59 Å². The first-order valence-corrected chi connectivity index (χ1v) is 6.74. The zero-order valence-corrected chi connectivity index (χ0v) is 11.1. The number of carboxylic acid groups (broad SMARTS) is 1. The smallest absolute Gasteiger partial charge is 0.308 e. The number of nitrogens with zero attached hydrogens (tertiary/aromatic N) is 1. The summed E-state index contributed by atoms with van der Waals surface area (Å²) < 4.78 is 0. The Morgan fingerprint density at radius 2 is 2.00 bits per heavy atom. The molecule has 0 spiro atoms. The second kappa shape index (κ2) is 5.26. The molecule has 0 aromatic carbocycles. The number of carbonyl (C=O) groups is 2. The minimum Gasteiger partial charge on any atom is -0.481 e. The van der Waals surface area contributed by atoms with Crippen LogP contribution < -0.4 is 5.32 Å². The molecule has 0 aliphatic carbocycles. The predicted octanol–water partition coefficient (Wildman–Crippen LogP) is 0.554. The second-order valence-corrected chi connectivity index (χ2v) is 5.80. The van der Waals surface area contributed by atoms with E-state index in [1.807, 2.05) is 6.92 Å². The Balaban J connectivity index is 1.96. The van der Waals surface area contributed by atoms with Crippen molar-refractivity contribution in [2.75, 3.05) is 19.6 Å². The Hall–Kier alpha value is -1.10. The lowest BCUT2D eigenvalue weighted by Gasteiger charge is -2.30. The number of nitrogens with one attached hydrogen (secondary N) is 1. The van der Waals surface area contributed by atoms with E-state index in [1.54, 1.807) is 4.90 Å². The summed E-state index contributed by atoms with van der Waals surface area (Å²) >= 11 is 0. The van der Waals surface area contributed by atoms with Crippen molar-refractivity contribution < 1.29 is 14.7 Å². The van der Waals surface area contributed by atoms with E-state index >= 15 is 0 Å². The average molecular weight is 254 g/mol. The Bertz CT molecular complexity index is 345. The number of carboxylic acids is 1. The molecule has 18 heavy (non-hydrogen) atoms. The van der Waals surface area contributed by atoms with Gasteiger partial charge in [0.25, 0.3) is 0 Å². The van der Waals surface area contributed by atoms with Crippen LogP contribution in [-0.2, 0) is 9.59 Å². The van der Waals surface area contributed by atoms with Crippen LogP contribution in [0, 0.1) is 17.8 Å². The Morgan fingerprint density at radius 3 is 2.56 bits per heavy atom. The SMILES string of the molecule is CC1CCNC(C(=O)N2C[C@@H](C)[C@H](C(=O)O)C2)C1. The molecule has 0 aromatic rings. The maximum absolute atomic E-state index is 12.3. The van der Waals surface area contributed by atoms with Crippen molar-refractivity contribution in [3.63, 3.8) is 0 Å². The van der Waals surface area contributed by atoms with Gasteiger partial charge in [0.15, 0.2) is 0 Å². The van der Waals surface area contributed by atoms with Crippen LogP contribution in [0.3, 0.4) is 0 Å². The molecule has 2 rings (SSSR count). The molecule has 2 N–H and O–H groups in total. The molecule has 2 aliphatic rings. The zero-order chi connectivity index (χ0) is 13.3. The van der Waals surface area contributed by atoms with Crippen molar-refractivity contribution in [2.45, 2.75) is 32.7 Å². The van der Waals surface area contributed by atoms with E-state index in [-0.39, 0.29) is 17.9 Å². The van der Waals surface area contributed by atoms with E-state index in [4.69, 9.17) is 5.11 Å². The fourth-order valence-corrected chi connectivity index (χ4v) is 2.98. The van der Waals surface area contributed by atoms with Crippen LogP contribution in [0.15, 0.2) is 0 Å². The van der Waals surface area contributed by atoms with Gasteiger partial charge >= 0.3 is 5.97 Å². The quantitative estimate of drug-likeness (QED) is 0.755. The summed E-state index contributed by atoms with van der Waals surface area (Å²) in [4.78, 5) is 25.1. The van der Waals surface area contributed by atoms with Crippen LogP contribution in [0.25, 0.3) is 0 Å². The fourth-order valence-electron chi connectivity index (χ4n) is 2.98. The standard InChI is InChI=1S/C13H22N2O3/c1-8-3-4-14-11(5-8)12(16)15-6-9(2)10(7-15)13(17)18/h8-11,14H,3-7H2,1-2H3,(H,17,18)/t8?,9-,10-,11?/m1/s1. The molecule has 2 heterocycles. The summed E-state index contributed by atoms with van der Waals surface area (Å²) in [6, 6.07) is -0.117.